The van der Waals surface area contributed by atoms with Gasteiger partial charge in [0.2, 0.25) is 0 Å². The maximum Gasteiger partial charge on any atom is 0.278 e. The average Bonchev–Trinajstić information content (AvgIpc) is 3.18. The predicted molar refractivity (Wildman–Crippen MR) is 91.8 cm³/mol. The molecule has 0 fully saturated rings. The van der Waals surface area contributed by atoms with Crippen molar-refractivity contribution in [1.29, 1.82) is 5.26 Å². The Morgan fingerprint density at radius 3 is 2.75 bits per heavy atom. The minimum atomic E-state index is -0.414. The first-order valence-electron chi connectivity index (χ1n) is 7.22. The van der Waals surface area contributed by atoms with Gasteiger partial charge < -0.3 is 5.32 Å². The summed E-state index contributed by atoms with van der Waals surface area (Å²) in [6.45, 7) is 2.58. The number of para-hydroxylation sites is 1. The first-order chi connectivity index (χ1) is 11.6. The van der Waals surface area contributed by atoms with Crippen molar-refractivity contribution in [3.63, 3.8) is 0 Å². The van der Waals surface area contributed by atoms with Crippen LogP contribution in [-0.2, 0) is 6.54 Å². The van der Waals surface area contributed by atoms with Crippen LogP contribution in [0.4, 0.5) is 5.82 Å². The fourth-order valence-electron chi connectivity index (χ4n) is 2.20. The number of carbonyl (C=O) groups is 1. The van der Waals surface area contributed by atoms with E-state index >= 15 is 0 Å². The molecule has 2 heterocycles. The molecule has 0 bridgehead atoms. The third kappa shape index (κ3) is 2.94. The standard InChI is InChI=1S/C16H13BrN6O/c1-2-22-10-13(17)14(21-22)16(24)20-15-11(8-18)9-19-23(15)12-6-4-3-5-7-12/h3-7,9-10H,2H2,1H3,(H,20,24). The van der Waals surface area contributed by atoms with E-state index in [4.69, 9.17) is 0 Å². The summed E-state index contributed by atoms with van der Waals surface area (Å²) in [5.74, 6) is -0.102. The molecule has 0 saturated carbocycles. The van der Waals surface area contributed by atoms with Crippen molar-refractivity contribution in [2.45, 2.75) is 13.5 Å². The van der Waals surface area contributed by atoms with Crippen molar-refractivity contribution in [2.75, 3.05) is 5.32 Å². The monoisotopic (exact) mass is 384 g/mol. The normalized spacial score (nSPS) is 10.4. The molecule has 0 spiro atoms. The summed E-state index contributed by atoms with van der Waals surface area (Å²) in [5, 5.41) is 20.4. The van der Waals surface area contributed by atoms with Crippen molar-refractivity contribution in [3.8, 4) is 11.8 Å². The fraction of sp³-hybridized carbons (Fsp3) is 0.125. The number of nitrogens with zero attached hydrogens (tertiary/aromatic N) is 5. The zero-order chi connectivity index (χ0) is 17.1. The lowest BCUT2D eigenvalue weighted by Gasteiger charge is -2.08. The summed E-state index contributed by atoms with van der Waals surface area (Å²) >= 11 is 3.33. The summed E-state index contributed by atoms with van der Waals surface area (Å²) in [4.78, 5) is 12.5. The van der Waals surface area contributed by atoms with Gasteiger partial charge in [-0.05, 0) is 35.0 Å². The van der Waals surface area contributed by atoms with E-state index in [1.54, 1.807) is 10.9 Å². The number of nitrogens with one attached hydrogen (secondary N) is 1. The predicted octanol–water partition coefficient (Wildman–Crippen LogP) is 2.98. The zero-order valence-corrected chi connectivity index (χ0v) is 14.4. The van der Waals surface area contributed by atoms with E-state index in [0.29, 0.717) is 16.8 Å². The molecule has 0 aliphatic carbocycles. The van der Waals surface area contributed by atoms with Gasteiger partial charge in [0.25, 0.3) is 5.91 Å². The molecule has 1 amide bonds. The van der Waals surface area contributed by atoms with Crippen molar-refractivity contribution in [1.82, 2.24) is 19.6 Å². The Kier molecular flexibility index (Phi) is 4.44. The smallest absolute Gasteiger partial charge is 0.278 e. The van der Waals surface area contributed by atoms with Crippen molar-refractivity contribution in [3.05, 3.63) is 58.5 Å². The number of hydrogen-bond acceptors (Lipinski definition) is 4. The van der Waals surface area contributed by atoms with Crippen LogP contribution < -0.4 is 5.32 Å². The van der Waals surface area contributed by atoms with E-state index in [1.165, 1.54) is 10.9 Å². The molecule has 0 unspecified atom stereocenters. The molecular weight excluding hydrogens is 372 g/mol. The molecular formula is C16H13BrN6O. The van der Waals surface area contributed by atoms with Gasteiger partial charge >= 0.3 is 0 Å². The Morgan fingerprint density at radius 2 is 2.12 bits per heavy atom. The van der Waals surface area contributed by atoms with E-state index < -0.39 is 5.91 Å². The molecule has 1 aromatic carbocycles. The third-order valence-electron chi connectivity index (χ3n) is 3.38. The Labute approximate surface area is 146 Å². The molecule has 0 aliphatic heterocycles. The molecule has 1 N–H and O–H groups in total. The molecule has 3 aromatic rings. The Bertz CT molecular complexity index is 922. The highest BCUT2D eigenvalue weighted by Crippen LogP contribution is 2.22. The van der Waals surface area contributed by atoms with Gasteiger partial charge in [0.05, 0.1) is 16.4 Å². The first-order valence-corrected chi connectivity index (χ1v) is 8.01. The highest BCUT2D eigenvalue weighted by Gasteiger charge is 2.20. The van der Waals surface area contributed by atoms with E-state index in [9.17, 15) is 10.1 Å². The van der Waals surface area contributed by atoms with Gasteiger partial charge in [0.1, 0.15) is 11.6 Å². The SMILES string of the molecule is CCn1cc(Br)c(C(=O)Nc2c(C#N)cnn2-c2ccccc2)n1. The van der Waals surface area contributed by atoms with Gasteiger partial charge in [0.15, 0.2) is 11.5 Å². The Morgan fingerprint density at radius 1 is 1.38 bits per heavy atom. The minimum Gasteiger partial charge on any atom is -0.304 e. The van der Waals surface area contributed by atoms with Crippen molar-refractivity contribution >= 4 is 27.7 Å². The quantitative estimate of drug-likeness (QED) is 0.748. The van der Waals surface area contributed by atoms with Crippen LogP contribution in [-0.4, -0.2) is 25.5 Å². The van der Waals surface area contributed by atoms with E-state index in [2.05, 4.69) is 31.4 Å². The molecule has 0 saturated heterocycles. The molecule has 120 valence electrons. The van der Waals surface area contributed by atoms with Gasteiger partial charge in [-0.2, -0.15) is 15.5 Å². The van der Waals surface area contributed by atoms with Crippen LogP contribution in [0.3, 0.4) is 0 Å². The van der Waals surface area contributed by atoms with Crippen LogP contribution in [0.15, 0.2) is 47.2 Å². The highest BCUT2D eigenvalue weighted by atomic mass is 79.9. The summed E-state index contributed by atoms with van der Waals surface area (Å²) in [7, 11) is 0. The second kappa shape index (κ2) is 6.68. The van der Waals surface area contributed by atoms with Crippen LogP contribution in [0.5, 0.6) is 0 Å². The molecule has 0 aliphatic rings. The van der Waals surface area contributed by atoms with E-state index in [-0.39, 0.29) is 11.3 Å². The lowest BCUT2D eigenvalue weighted by molar-refractivity contribution is 0.102. The number of aromatic nitrogens is 4. The van der Waals surface area contributed by atoms with Gasteiger partial charge in [-0.25, -0.2) is 4.68 Å². The van der Waals surface area contributed by atoms with Crippen molar-refractivity contribution in [2.24, 2.45) is 0 Å². The molecule has 0 radical (unpaired) electrons. The number of aryl methyl sites for hydroxylation is 1. The van der Waals surface area contributed by atoms with Crippen molar-refractivity contribution < 1.29 is 4.79 Å². The first kappa shape index (κ1) is 16.0. The lowest BCUT2D eigenvalue weighted by Crippen LogP contribution is -2.17. The Balaban J connectivity index is 1.97. The molecule has 0 atom stereocenters. The number of hydrogen-bond donors (Lipinski definition) is 1. The molecule has 2 aromatic heterocycles. The number of anilines is 1. The molecule has 24 heavy (non-hydrogen) atoms. The van der Waals surface area contributed by atoms with Gasteiger partial charge in [-0.15, -0.1) is 0 Å². The van der Waals surface area contributed by atoms with Gasteiger partial charge in [-0.3, -0.25) is 9.48 Å². The zero-order valence-electron chi connectivity index (χ0n) is 12.8. The lowest BCUT2D eigenvalue weighted by atomic mass is 10.3. The number of carbonyl (C=O) groups excluding carboxylic acids is 1. The maximum absolute atomic E-state index is 12.5. The summed E-state index contributed by atoms with van der Waals surface area (Å²) in [5.41, 5.74) is 1.27. The second-order valence-corrected chi connectivity index (χ2v) is 5.76. The fourth-order valence-corrected chi connectivity index (χ4v) is 2.69. The maximum atomic E-state index is 12.5. The van der Waals surface area contributed by atoms with Crippen LogP contribution >= 0.6 is 15.9 Å². The average molecular weight is 385 g/mol. The number of amides is 1. The van der Waals surface area contributed by atoms with Crippen LogP contribution in [0.1, 0.15) is 23.0 Å². The summed E-state index contributed by atoms with van der Waals surface area (Å²) < 4.78 is 3.76. The number of rotatable bonds is 4. The van der Waals surface area contributed by atoms with Crippen LogP contribution in [0.2, 0.25) is 0 Å². The Hall–Kier alpha value is -2.92. The van der Waals surface area contributed by atoms with Crippen LogP contribution in [0, 0.1) is 11.3 Å². The largest absolute Gasteiger partial charge is 0.304 e. The highest BCUT2D eigenvalue weighted by molar-refractivity contribution is 9.10. The molecule has 3 rings (SSSR count). The summed E-state index contributed by atoms with van der Waals surface area (Å²) in [6.07, 6.45) is 3.15. The molecule has 8 heteroatoms. The number of nitriles is 1. The summed E-state index contributed by atoms with van der Waals surface area (Å²) in [6, 6.07) is 11.3. The van der Waals surface area contributed by atoms with E-state index in [0.717, 1.165) is 5.69 Å². The number of halogens is 1. The third-order valence-corrected chi connectivity index (χ3v) is 3.96. The van der Waals surface area contributed by atoms with Gasteiger partial charge in [0, 0.05) is 12.7 Å². The molecule has 7 nitrogen and oxygen atoms in total. The number of benzene rings is 1. The van der Waals surface area contributed by atoms with Crippen LogP contribution in [0.25, 0.3) is 5.69 Å². The second-order valence-electron chi connectivity index (χ2n) is 4.90. The van der Waals surface area contributed by atoms with Gasteiger partial charge in [-0.1, -0.05) is 18.2 Å². The topological polar surface area (TPSA) is 88.5 Å². The van der Waals surface area contributed by atoms with E-state index in [1.807, 2.05) is 43.3 Å². The minimum absolute atomic E-state index is 0.251.